The van der Waals surface area contributed by atoms with Crippen molar-refractivity contribution in [3.63, 3.8) is 0 Å². The first-order chi connectivity index (χ1) is 11.4. The summed E-state index contributed by atoms with van der Waals surface area (Å²) in [6.45, 7) is 2.03. The number of phenols is 2. The van der Waals surface area contributed by atoms with E-state index in [2.05, 4.69) is 47.7 Å². The summed E-state index contributed by atoms with van der Waals surface area (Å²) in [4.78, 5) is 11.8. The molecular formula is C16H15Br2N3O3. The van der Waals surface area contributed by atoms with Gasteiger partial charge in [0, 0.05) is 11.3 Å². The molecule has 2 aromatic rings. The lowest BCUT2D eigenvalue weighted by molar-refractivity contribution is -0.119. The van der Waals surface area contributed by atoms with Crippen molar-refractivity contribution in [2.75, 3.05) is 11.9 Å². The number of carbonyl (C=O) groups is 1. The van der Waals surface area contributed by atoms with Crippen LogP contribution in [0.4, 0.5) is 5.69 Å². The molecule has 0 radical (unpaired) electrons. The first kappa shape index (κ1) is 18.3. The van der Waals surface area contributed by atoms with Gasteiger partial charge in [-0.3, -0.25) is 4.79 Å². The fourth-order valence-electron chi connectivity index (χ4n) is 1.87. The van der Waals surface area contributed by atoms with E-state index in [9.17, 15) is 15.0 Å². The number of phenolic OH excluding ortho intramolecular Hbond substituents is 2. The topological polar surface area (TPSA) is 94.0 Å². The molecule has 1 amide bonds. The molecule has 24 heavy (non-hydrogen) atoms. The van der Waals surface area contributed by atoms with Crippen molar-refractivity contribution in [2.45, 2.75) is 6.92 Å². The molecule has 0 atom stereocenters. The van der Waals surface area contributed by atoms with Gasteiger partial charge in [0.2, 0.25) is 0 Å². The maximum atomic E-state index is 11.8. The summed E-state index contributed by atoms with van der Waals surface area (Å²) < 4.78 is 0.534. The Morgan fingerprint density at radius 1 is 1.25 bits per heavy atom. The van der Waals surface area contributed by atoms with Crippen LogP contribution in [-0.2, 0) is 4.79 Å². The van der Waals surface area contributed by atoms with Gasteiger partial charge < -0.3 is 15.5 Å². The maximum absolute atomic E-state index is 11.8. The molecule has 0 bridgehead atoms. The second-order valence-electron chi connectivity index (χ2n) is 4.98. The number of hydrazone groups is 1. The molecule has 0 spiro atoms. The normalized spacial score (nSPS) is 10.8. The van der Waals surface area contributed by atoms with Crippen molar-refractivity contribution >= 4 is 49.7 Å². The van der Waals surface area contributed by atoms with Crippen LogP contribution in [0.3, 0.4) is 0 Å². The summed E-state index contributed by atoms with van der Waals surface area (Å²) in [6, 6.07) is 9.15. The lowest BCUT2D eigenvalue weighted by Crippen LogP contribution is -2.25. The van der Waals surface area contributed by atoms with E-state index < -0.39 is 0 Å². The zero-order valence-corrected chi connectivity index (χ0v) is 15.8. The van der Waals surface area contributed by atoms with Gasteiger partial charge in [-0.15, -0.1) is 0 Å². The number of hydrogen-bond acceptors (Lipinski definition) is 5. The molecule has 2 aromatic carbocycles. The first-order valence-electron chi connectivity index (χ1n) is 6.91. The molecule has 2 rings (SSSR count). The lowest BCUT2D eigenvalue weighted by atomic mass is 10.2. The van der Waals surface area contributed by atoms with Gasteiger partial charge in [0.1, 0.15) is 16.0 Å². The van der Waals surface area contributed by atoms with Gasteiger partial charge in [-0.1, -0.05) is 12.1 Å². The summed E-state index contributed by atoms with van der Waals surface area (Å²) in [7, 11) is 0. The Labute approximate surface area is 155 Å². The highest BCUT2D eigenvalue weighted by atomic mass is 79.9. The fourth-order valence-corrected chi connectivity index (χ4v) is 3.02. The molecule has 0 fully saturated rings. The predicted molar refractivity (Wildman–Crippen MR) is 101 cm³/mol. The van der Waals surface area contributed by atoms with Gasteiger partial charge in [0.25, 0.3) is 5.91 Å². The van der Waals surface area contributed by atoms with E-state index in [1.165, 1.54) is 12.3 Å². The van der Waals surface area contributed by atoms with Crippen LogP contribution in [-0.4, -0.2) is 28.9 Å². The molecule has 0 aromatic heterocycles. The Hall–Kier alpha value is -2.06. The van der Waals surface area contributed by atoms with Gasteiger partial charge in [0.05, 0.1) is 17.2 Å². The third-order valence-corrected chi connectivity index (χ3v) is 4.42. The number of aryl methyl sites for hydroxylation is 1. The number of hydrogen-bond donors (Lipinski definition) is 4. The highest BCUT2D eigenvalue weighted by molar-refractivity contribution is 9.11. The minimum Gasteiger partial charge on any atom is -0.506 e. The van der Waals surface area contributed by atoms with Crippen LogP contribution in [0.5, 0.6) is 11.5 Å². The highest BCUT2D eigenvalue weighted by Crippen LogP contribution is 2.40. The number of rotatable bonds is 5. The second-order valence-corrected chi connectivity index (χ2v) is 6.62. The monoisotopic (exact) mass is 455 g/mol. The molecule has 0 saturated heterocycles. The number of nitrogens with zero attached hydrogens (tertiary/aromatic N) is 1. The van der Waals surface area contributed by atoms with Gasteiger partial charge in [-0.2, -0.15) is 5.10 Å². The van der Waals surface area contributed by atoms with E-state index >= 15 is 0 Å². The third-order valence-electron chi connectivity index (χ3n) is 3.06. The third kappa shape index (κ3) is 4.72. The standard InChI is InChI=1S/C16H15Br2N3O3/c1-9-3-2-4-11(5-9)19-8-13(22)21-20-7-10-6-12(17)16(24)14(18)15(10)23/h2-7,19,23-24H,8H2,1H3,(H,21,22)/b20-7-. The van der Waals surface area contributed by atoms with Crippen molar-refractivity contribution in [3.8, 4) is 11.5 Å². The van der Waals surface area contributed by atoms with Gasteiger partial charge >= 0.3 is 0 Å². The smallest absolute Gasteiger partial charge is 0.259 e. The van der Waals surface area contributed by atoms with Gasteiger partial charge in [-0.25, -0.2) is 5.43 Å². The number of benzene rings is 2. The minimum atomic E-state index is -0.329. The van der Waals surface area contributed by atoms with Crippen LogP contribution < -0.4 is 10.7 Å². The highest BCUT2D eigenvalue weighted by Gasteiger charge is 2.12. The quantitative estimate of drug-likeness (QED) is 0.409. The molecule has 126 valence electrons. The minimum absolute atomic E-state index is 0.0652. The Morgan fingerprint density at radius 3 is 2.71 bits per heavy atom. The summed E-state index contributed by atoms with van der Waals surface area (Å²) >= 11 is 6.23. The second kappa shape index (κ2) is 8.16. The molecule has 4 N–H and O–H groups in total. The van der Waals surface area contributed by atoms with Crippen LogP contribution >= 0.6 is 31.9 Å². The molecule has 0 heterocycles. The number of nitrogens with one attached hydrogen (secondary N) is 2. The average molecular weight is 457 g/mol. The van der Waals surface area contributed by atoms with Crippen LogP contribution in [0.15, 0.2) is 44.4 Å². The van der Waals surface area contributed by atoms with Crippen LogP contribution in [0.1, 0.15) is 11.1 Å². The fraction of sp³-hybridized carbons (Fsp3) is 0.125. The van der Waals surface area contributed by atoms with Crippen molar-refractivity contribution in [1.29, 1.82) is 0 Å². The molecule has 6 nitrogen and oxygen atoms in total. The van der Waals surface area contributed by atoms with Crippen LogP contribution in [0.2, 0.25) is 0 Å². The largest absolute Gasteiger partial charge is 0.506 e. The Balaban J connectivity index is 1.93. The Morgan fingerprint density at radius 2 is 2.00 bits per heavy atom. The van der Waals surface area contributed by atoms with Crippen LogP contribution in [0.25, 0.3) is 0 Å². The van der Waals surface area contributed by atoms with Gasteiger partial charge in [-0.05, 0) is 62.5 Å². The molecule has 0 aliphatic rings. The van der Waals surface area contributed by atoms with E-state index in [1.54, 1.807) is 0 Å². The lowest BCUT2D eigenvalue weighted by Gasteiger charge is -2.07. The van der Waals surface area contributed by atoms with Gasteiger partial charge in [0.15, 0.2) is 0 Å². The number of anilines is 1. The zero-order valence-electron chi connectivity index (χ0n) is 12.7. The van der Waals surface area contributed by atoms with Crippen LogP contribution in [0, 0.1) is 6.92 Å². The predicted octanol–water partition coefficient (Wildman–Crippen LogP) is 3.49. The van der Waals surface area contributed by atoms with Crippen molar-refractivity contribution < 1.29 is 15.0 Å². The Kier molecular flexibility index (Phi) is 6.22. The molecule has 0 unspecified atom stereocenters. The van der Waals surface area contributed by atoms with Crippen molar-refractivity contribution in [1.82, 2.24) is 5.43 Å². The van der Waals surface area contributed by atoms with E-state index in [0.717, 1.165) is 11.3 Å². The van der Waals surface area contributed by atoms with E-state index in [4.69, 9.17) is 0 Å². The number of carbonyl (C=O) groups excluding carboxylic acids is 1. The summed E-state index contributed by atoms with van der Waals surface area (Å²) in [5.74, 6) is -0.619. The summed E-state index contributed by atoms with van der Waals surface area (Å²) in [5.41, 5.74) is 4.63. The molecule has 0 saturated carbocycles. The molecular weight excluding hydrogens is 442 g/mol. The number of aromatic hydroxyl groups is 2. The first-order valence-corrected chi connectivity index (χ1v) is 8.49. The molecule has 0 aliphatic carbocycles. The average Bonchev–Trinajstić information content (AvgIpc) is 2.55. The SMILES string of the molecule is Cc1cccc(NCC(=O)N/N=C\c2cc(Br)c(O)c(Br)c2O)c1. The molecule has 8 heteroatoms. The molecule has 0 aliphatic heterocycles. The Bertz CT molecular complexity index is 794. The zero-order chi connectivity index (χ0) is 17.7. The van der Waals surface area contributed by atoms with Crippen molar-refractivity contribution in [2.24, 2.45) is 5.10 Å². The van der Waals surface area contributed by atoms with E-state index in [1.807, 2.05) is 31.2 Å². The summed E-state index contributed by atoms with van der Waals surface area (Å²) in [5, 5.41) is 26.3. The number of halogens is 2. The maximum Gasteiger partial charge on any atom is 0.259 e. The van der Waals surface area contributed by atoms with Crippen molar-refractivity contribution in [3.05, 3.63) is 50.4 Å². The number of amides is 1. The van der Waals surface area contributed by atoms with E-state index in [-0.39, 0.29) is 28.4 Å². The summed E-state index contributed by atoms with van der Waals surface area (Å²) in [6.07, 6.45) is 1.29. The van der Waals surface area contributed by atoms with E-state index in [0.29, 0.717) is 10.0 Å².